The van der Waals surface area contributed by atoms with Gasteiger partial charge < -0.3 is 14.4 Å². The Bertz CT molecular complexity index is 512. The molecule has 2 atom stereocenters. The van der Waals surface area contributed by atoms with E-state index in [0.717, 1.165) is 0 Å². The van der Waals surface area contributed by atoms with Crippen LogP contribution in [-0.4, -0.2) is 34.0 Å². The first-order chi connectivity index (χ1) is 9.13. The Balaban J connectivity index is 1.95. The maximum atomic E-state index is 11.9. The van der Waals surface area contributed by atoms with Gasteiger partial charge in [0, 0.05) is 0 Å². The van der Waals surface area contributed by atoms with Crippen molar-refractivity contribution < 1.29 is 32.3 Å². The van der Waals surface area contributed by atoms with Crippen LogP contribution in [0.3, 0.4) is 0 Å². The Morgan fingerprint density at radius 3 is 2.65 bits per heavy atom. The molecule has 2 rings (SSSR count). The van der Waals surface area contributed by atoms with Gasteiger partial charge in [0.25, 0.3) is 0 Å². The van der Waals surface area contributed by atoms with Gasteiger partial charge in [-0.05, 0) is 5.41 Å². The molecule has 9 heteroatoms. The molecule has 0 bridgehead atoms. The molecule has 1 aliphatic rings. The van der Waals surface area contributed by atoms with Crippen LogP contribution in [0.2, 0.25) is 0 Å². The Morgan fingerprint density at radius 2 is 2.15 bits per heavy atom. The Kier molecular flexibility index (Phi) is 3.49. The Hall–Kier alpha value is -1.64. The first kappa shape index (κ1) is 14.8. The van der Waals surface area contributed by atoms with Gasteiger partial charge in [-0.1, -0.05) is 19.0 Å². The van der Waals surface area contributed by atoms with E-state index in [0.29, 0.717) is 0 Å². The van der Waals surface area contributed by atoms with Crippen molar-refractivity contribution in [3.8, 4) is 0 Å². The molecule has 112 valence electrons. The van der Waals surface area contributed by atoms with Crippen molar-refractivity contribution in [1.82, 2.24) is 10.1 Å². The Labute approximate surface area is 111 Å². The number of ether oxygens (including phenoxy) is 1. The predicted octanol–water partition coefficient (Wildman–Crippen LogP) is 1.97. The van der Waals surface area contributed by atoms with Gasteiger partial charge in [-0.25, -0.2) is 0 Å². The van der Waals surface area contributed by atoms with Crippen molar-refractivity contribution >= 4 is 5.97 Å². The van der Waals surface area contributed by atoms with Crippen LogP contribution in [0.25, 0.3) is 0 Å². The fraction of sp³-hybridized carbons (Fsp3) is 0.727. The van der Waals surface area contributed by atoms with Gasteiger partial charge in [0.1, 0.15) is 13.2 Å². The molecular weight excluding hydrogens is 281 g/mol. The fourth-order valence-electron chi connectivity index (χ4n) is 2.27. The van der Waals surface area contributed by atoms with Gasteiger partial charge >= 0.3 is 12.1 Å². The summed E-state index contributed by atoms with van der Waals surface area (Å²) in [5, 5.41) is 12.5. The molecule has 1 fully saturated rings. The van der Waals surface area contributed by atoms with Crippen LogP contribution in [0.4, 0.5) is 13.2 Å². The van der Waals surface area contributed by atoms with Crippen molar-refractivity contribution in [3.63, 3.8) is 0 Å². The zero-order valence-corrected chi connectivity index (χ0v) is 10.8. The van der Waals surface area contributed by atoms with Crippen LogP contribution in [0, 0.1) is 11.3 Å². The van der Waals surface area contributed by atoms with Crippen LogP contribution < -0.4 is 0 Å². The molecule has 1 N–H and O–H groups in total. The maximum absolute atomic E-state index is 11.9. The van der Waals surface area contributed by atoms with E-state index >= 15 is 0 Å². The average molecular weight is 294 g/mol. The molecule has 0 spiro atoms. The SMILES string of the molecule is CC1(C)C(C(=O)O)C1c1nc(COCC(F)(F)F)no1. The normalized spacial score (nSPS) is 24.6. The summed E-state index contributed by atoms with van der Waals surface area (Å²) >= 11 is 0. The van der Waals surface area contributed by atoms with Crippen LogP contribution in [0.5, 0.6) is 0 Å². The summed E-state index contributed by atoms with van der Waals surface area (Å²) in [5.74, 6) is -1.94. The van der Waals surface area contributed by atoms with Crippen molar-refractivity contribution in [2.75, 3.05) is 6.61 Å². The highest BCUT2D eigenvalue weighted by atomic mass is 19.4. The first-order valence-electron chi connectivity index (χ1n) is 5.82. The summed E-state index contributed by atoms with van der Waals surface area (Å²) in [6.45, 7) is 1.67. The minimum atomic E-state index is -4.42. The largest absolute Gasteiger partial charge is 0.481 e. The second-order valence-corrected chi connectivity index (χ2v) is 5.27. The summed E-state index contributed by atoms with van der Waals surface area (Å²) in [6, 6.07) is 0. The zero-order valence-electron chi connectivity index (χ0n) is 10.8. The summed E-state index contributed by atoms with van der Waals surface area (Å²) in [5.41, 5.74) is -0.511. The number of carbonyl (C=O) groups is 1. The summed E-state index contributed by atoms with van der Waals surface area (Å²) in [6.07, 6.45) is -4.42. The van der Waals surface area contributed by atoms with E-state index in [1.807, 2.05) is 0 Å². The molecule has 1 aromatic heterocycles. The molecule has 0 saturated heterocycles. The van der Waals surface area contributed by atoms with Crippen molar-refractivity contribution in [2.24, 2.45) is 11.3 Å². The van der Waals surface area contributed by atoms with E-state index in [4.69, 9.17) is 9.63 Å². The molecule has 1 aromatic rings. The molecule has 1 aliphatic carbocycles. The quantitative estimate of drug-likeness (QED) is 0.893. The van der Waals surface area contributed by atoms with Gasteiger partial charge in [-0.3, -0.25) is 4.79 Å². The third kappa shape index (κ3) is 2.92. The van der Waals surface area contributed by atoms with Gasteiger partial charge in [0.15, 0.2) is 5.82 Å². The van der Waals surface area contributed by atoms with E-state index in [9.17, 15) is 18.0 Å². The average Bonchev–Trinajstić information content (AvgIpc) is 2.66. The van der Waals surface area contributed by atoms with Crippen molar-refractivity contribution in [3.05, 3.63) is 11.7 Å². The zero-order chi connectivity index (χ0) is 15.1. The lowest BCUT2D eigenvalue weighted by Gasteiger charge is -2.04. The highest BCUT2D eigenvalue weighted by Gasteiger charge is 2.65. The molecule has 0 amide bonds. The number of carboxylic acid groups (broad SMARTS) is 1. The number of carboxylic acids is 1. The van der Waals surface area contributed by atoms with E-state index in [1.54, 1.807) is 13.8 Å². The number of halogens is 3. The lowest BCUT2D eigenvalue weighted by molar-refractivity contribution is -0.177. The second kappa shape index (κ2) is 4.72. The minimum Gasteiger partial charge on any atom is -0.481 e. The van der Waals surface area contributed by atoms with Gasteiger partial charge in [0.2, 0.25) is 5.89 Å². The van der Waals surface area contributed by atoms with Crippen LogP contribution in [0.15, 0.2) is 4.52 Å². The highest BCUT2D eigenvalue weighted by Crippen LogP contribution is 2.63. The number of hydrogen-bond acceptors (Lipinski definition) is 5. The van der Waals surface area contributed by atoms with Gasteiger partial charge in [0.05, 0.1) is 11.8 Å². The molecule has 1 heterocycles. The fourth-order valence-corrected chi connectivity index (χ4v) is 2.27. The van der Waals surface area contributed by atoms with Gasteiger partial charge in [-0.2, -0.15) is 18.2 Å². The van der Waals surface area contributed by atoms with E-state index in [2.05, 4.69) is 14.9 Å². The number of rotatable bonds is 5. The highest BCUT2D eigenvalue weighted by molar-refractivity contribution is 5.77. The lowest BCUT2D eigenvalue weighted by atomic mass is 10.1. The smallest absolute Gasteiger partial charge is 0.411 e. The number of aliphatic carboxylic acids is 1. The molecule has 20 heavy (non-hydrogen) atoms. The number of nitrogens with zero attached hydrogens (tertiary/aromatic N) is 2. The van der Waals surface area contributed by atoms with E-state index < -0.39 is 42.6 Å². The monoisotopic (exact) mass is 294 g/mol. The van der Waals surface area contributed by atoms with E-state index in [1.165, 1.54) is 0 Å². The summed E-state index contributed by atoms with van der Waals surface area (Å²) < 4.78 is 45.0. The molecule has 6 nitrogen and oxygen atoms in total. The second-order valence-electron chi connectivity index (χ2n) is 5.27. The summed E-state index contributed by atoms with van der Waals surface area (Å²) in [7, 11) is 0. The first-order valence-corrected chi connectivity index (χ1v) is 5.82. The van der Waals surface area contributed by atoms with Crippen molar-refractivity contribution in [1.29, 1.82) is 0 Å². The third-order valence-corrected chi connectivity index (χ3v) is 3.34. The maximum Gasteiger partial charge on any atom is 0.411 e. The topological polar surface area (TPSA) is 85.5 Å². The molecule has 1 saturated carbocycles. The number of hydrogen-bond donors (Lipinski definition) is 1. The van der Waals surface area contributed by atoms with Crippen LogP contribution in [-0.2, 0) is 16.1 Å². The molecule has 0 aromatic carbocycles. The van der Waals surface area contributed by atoms with E-state index in [-0.39, 0.29) is 11.7 Å². The molecule has 0 aliphatic heterocycles. The number of aromatic nitrogens is 2. The van der Waals surface area contributed by atoms with Crippen LogP contribution >= 0.6 is 0 Å². The standard InChI is InChI=1S/C11H13F3N2O4/c1-10(2)6(7(10)9(17)18)8-15-5(16-20-8)3-19-4-11(12,13)14/h6-7H,3-4H2,1-2H3,(H,17,18). The molecule has 0 radical (unpaired) electrons. The molecule has 2 unspecified atom stereocenters. The summed E-state index contributed by atoms with van der Waals surface area (Å²) in [4.78, 5) is 14.9. The van der Waals surface area contributed by atoms with Crippen LogP contribution in [0.1, 0.15) is 31.5 Å². The Morgan fingerprint density at radius 1 is 1.50 bits per heavy atom. The number of alkyl halides is 3. The minimum absolute atomic E-state index is 0.0314. The van der Waals surface area contributed by atoms with Gasteiger partial charge in [-0.15, -0.1) is 0 Å². The predicted molar refractivity (Wildman–Crippen MR) is 57.7 cm³/mol. The third-order valence-electron chi connectivity index (χ3n) is 3.34. The lowest BCUT2D eigenvalue weighted by Crippen LogP contribution is -2.16. The molecular formula is C11H13F3N2O4. The van der Waals surface area contributed by atoms with Crippen molar-refractivity contribution in [2.45, 2.75) is 32.5 Å².